The molecular weight excluding hydrogens is 256 g/mol. The number of rotatable bonds is 2. The van der Waals surface area contributed by atoms with Gasteiger partial charge in [-0.2, -0.15) is 0 Å². The second-order valence-electron chi connectivity index (χ2n) is 2.50. The van der Waals surface area contributed by atoms with Crippen molar-refractivity contribution in [3.8, 4) is 5.75 Å². The summed E-state index contributed by atoms with van der Waals surface area (Å²) in [5.74, 6) is -1.00. The van der Waals surface area contributed by atoms with Crippen LogP contribution in [0.15, 0.2) is 15.8 Å². The molecule has 0 aliphatic rings. The highest BCUT2D eigenvalue weighted by Gasteiger charge is 2.24. The first kappa shape index (κ1) is 11.9. The van der Waals surface area contributed by atoms with Crippen LogP contribution in [0.25, 0.3) is 0 Å². The molecule has 5 nitrogen and oxygen atoms in total. The SMILES string of the molecule is O=c1[nH]c(C(F)F)c(S(=O)(=O)Cl)cc1O. The molecule has 84 valence electrons. The molecule has 0 spiro atoms. The van der Waals surface area contributed by atoms with Gasteiger partial charge in [0, 0.05) is 16.7 Å². The largest absolute Gasteiger partial charge is 0.503 e. The molecule has 15 heavy (non-hydrogen) atoms. The van der Waals surface area contributed by atoms with Gasteiger partial charge in [0.25, 0.3) is 21.0 Å². The van der Waals surface area contributed by atoms with Crippen LogP contribution in [0.5, 0.6) is 5.75 Å². The summed E-state index contributed by atoms with van der Waals surface area (Å²) in [5.41, 5.74) is -2.36. The van der Waals surface area contributed by atoms with Crippen molar-refractivity contribution in [3.63, 3.8) is 0 Å². The van der Waals surface area contributed by atoms with E-state index >= 15 is 0 Å². The van der Waals surface area contributed by atoms with Crippen molar-refractivity contribution in [2.24, 2.45) is 0 Å². The molecule has 0 aliphatic carbocycles. The van der Waals surface area contributed by atoms with Crippen LogP contribution in [0.3, 0.4) is 0 Å². The van der Waals surface area contributed by atoms with Gasteiger partial charge < -0.3 is 10.1 Å². The van der Waals surface area contributed by atoms with E-state index in [0.29, 0.717) is 6.07 Å². The topological polar surface area (TPSA) is 87.2 Å². The lowest BCUT2D eigenvalue weighted by Gasteiger charge is -2.05. The second-order valence-corrected chi connectivity index (χ2v) is 5.03. The maximum Gasteiger partial charge on any atom is 0.290 e. The summed E-state index contributed by atoms with van der Waals surface area (Å²) in [6, 6.07) is 0.378. The quantitative estimate of drug-likeness (QED) is 0.774. The number of nitrogens with one attached hydrogen (secondary N) is 1. The van der Waals surface area contributed by atoms with Crippen molar-refractivity contribution in [1.29, 1.82) is 0 Å². The number of halogens is 3. The van der Waals surface area contributed by atoms with Gasteiger partial charge in [-0.3, -0.25) is 4.79 Å². The maximum absolute atomic E-state index is 12.3. The first-order valence-corrected chi connectivity index (χ1v) is 5.73. The van der Waals surface area contributed by atoms with Gasteiger partial charge in [-0.1, -0.05) is 0 Å². The highest BCUT2D eigenvalue weighted by atomic mass is 35.7. The number of alkyl halides is 2. The third kappa shape index (κ3) is 2.45. The van der Waals surface area contributed by atoms with Crippen molar-refractivity contribution in [1.82, 2.24) is 4.98 Å². The smallest absolute Gasteiger partial charge is 0.290 e. The molecule has 1 aromatic rings. The average Bonchev–Trinajstić information content (AvgIpc) is 2.06. The summed E-state index contributed by atoms with van der Waals surface area (Å²) in [6.07, 6.45) is -3.22. The number of pyridine rings is 1. The molecule has 0 radical (unpaired) electrons. The monoisotopic (exact) mass is 259 g/mol. The number of aromatic nitrogens is 1. The van der Waals surface area contributed by atoms with E-state index in [1.54, 1.807) is 0 Å². The Morgan fingerprint density at radius 2 is 2.00 bits per heavy atom. The lowest BCUT2D eigenvalue weighted by Crippen LogP contribution is -2.12. The van der Waals surface area contributed by atoms with E-state index in [2.05, 4.69) is 0 Å². The van der Waals surface area contributed by atoms with Gasteiger partial charge in [0.05, 0.1) is 0 Å². The van der Waals surface area contributed by atoms with E-state index in [1.807, 2.05) is 0 Å². The van der Waals surface area contributed by atoms with Gasteiger partial charge >= 0.3 is 0 Å². The Morgan fingerprint density at radius 1 is 1.47 bits per heavy atom. The van der Waals surface area contributed by atoms with E-state index in [9.17, 15) is 22.0 Å². The summed E-state index contributed by atoms with van der Waals surface area (Å²) in [5, 5.41) is 8.86. The highest BCUT2D eigenvalue weighted by molar-refractivity contribution is 8.13. The van der Waals surface area contributed by atoms with Crippen molar-refractivity contribution < 1.29 is 22.3 Å². The molecule has 2 N–H and O–H groups in total. The molecular formula is C6H4ClF2NO4S. The Morgan fingerprint density at radius 3 is 2.40 bits per heavy atom. The summed E-state index contributed by atoms with van der Waals surface area (Å²) in [6.45, 7) is 0. The summed E-state index contributed by atoms with van der Waals surface area (Å²) >= 11 is 0. The molecule has 0 saturated carbocycles. The Bertz CT molecular complexity index is 539. The molecule has 1 rings (SSSR count). The number of H-pyrrole nitrogens is 1. The highest BCUT2D eigenvalue weighted by Crippen LogP contribution is 2.27. The summed E-state index contributed by atoms with van der Waals surface area (Å²) in [4.78, 5) is 11.3. The summed E-state index contributed by atoms with van der Waals surface area (Å²) in [7, 11) is 0.382. The standard InChI is InChI=1S/C6H4ClF2NO4S/c7-15(13,14)3-1-2(11)6(12)10-4(3)5(8)9/h1,5,11H,(H,10,12). The fraction of sp³-hybridized carbons (Fsp3) is 0.167. The zero-order valence-corrected chi connectivity index (χ0v) is 8.44. The van der Waals surface area contributed by atoms with Crippen LogP contribution < -0.4 is 5.56 Å². The fourth-order valence-corrected chi connectivity index (χ4v) is 1.92. The van der Waals surface area contributed by atoms with Crippen LogP contribution in [-0.4, -0.2) is 18.5 Å². The van der Waals surface area contributed by atoms with Gasteiger partial charge in [-0.25, -0.2) is 17.2 Å². The third-order valence-corrected chi connectivity index (χ3v) is 2.86. The molecule has 1 aromatic heterocycles. The molecule has 0 atom stereocenters. The number of hydrogen-bond acceptors (Lipinski definition) is 4. The van der Waals surface area contributed by atoms with E-state index in [4.69, 9.17) is 15.8 Å². The van der Waals surface area contributed by atoms with Crippen molar-refractivity contribution >= 4 is 19.7 Å². The van der Waals surface area contributed by atoms with Crippen LogP contribution in [0.1, 0.15) is 12.1 Å². The normalized spacial score (nSPS) is 12.0. The second kappa shape index (κ2) is 3.78. The third-order valence-electron chi connectivity index (χ3n) is 1.50. The Hall–Kier alpha value is -1.15. The van der Waals surface area contributed by atoms with E-state index in [0.717, 1.165) is 0 Å². The van der Waals surface area contributed by atoms with E-state index in [1.165, 1.54) is 4.98 Å². The van der Waals surface area contributed by atoms with Gasteiger partial charge in [0.2, 0.25) is 0 Å². The van der Waals surface area contributed by atoms with E-state index in [-0.39, 0.29) is 0 Å². The first-order chi connectivity index (χ1) is 6.73. The van der Waals surface area contributed by atoms with Gasteiger partial charge in [-0.05, 0) is 0 Å². The number of hydrogen-bond donors (Lipinski definition) is 2. The molecule has 0 fully saturated rings. The van der Waals surface area contributed by atoms with E-state index < -0.39 is 37.4 Å². The van der Waals surface area contributed by atoms with Crippen molar-refractivity contribution in [3.05, 3.63) is 22.1 Å². The Balaban J connectivity index is 3.64. The van der Waals surface area contributed by atoms with Crippen LogP contribution in [0, 0.1) is 0 Å². The minimum absolute atomic E-state index is 0.378. The minimum atomic E-state index is -4.46. The van der Waals surface area contributed by atoms with Crippen LogP contribution in [-0.2, 0) is 9.05 Å². The lowest BCUT2D eigenvalue weighted by atomic mass is 10.3. The van der Waals surface area contributed by atoms with Crippen molar-refractivity contribution in [2.45, 2.75) is 11.3 Å². The van der Waals surface area contributed by atoms with Gasteiger partial charge in [0.1, 0.15) is 10.6 Å². The zero-order chi connectivity index (χ0) is 11.8. The minimum Gasteiger partial charge on any atom is -0.503 e. The van der Waals surface area contributed by atoms with Crippen molar-refractivity contribution in [2.75, 3.05) is 0 Å². The first-order valence-electron chi connectivity index (χ1n) is 3.42. The van der Waals surface area contributed by atoms with Crippen LogP contribution >= 0.6 is 10.7 Å². The molecule has 0 bridgehead atoms. The maximum atomic E-state index is 12.3. The van der Waals surface area contributed by atoms with Crippen LogP contribution in [0.4, 0.5) is 8.78 Å². The number of aromatic hydroxyl groups is 1. The predicted octanol–water partition coefficient (Wildman–Crippen LogP) is 0.946. The summed E-state index contributed by atoms with van der Waals surface area (Å²) < 4.78 is 46.2. The van der Waals surface area contributed by atoms with Crippen LogP contribution in [0.2, 0.25) is 0 Å². The number of aromatic amines is 1. The fourth-order valence-electron chi connectivity index (χ4n) is 0.879. The Labute approximate surface area is 86.7 Å². The molecule has 0 unspecified atom stereocenters. The average molecular weight is 260 g/mol. The molecule has 0 aromatic carbocycles. The predicted molar refractivity (Wildman–Crippen MR) is 46.7 cm³/mol. The zero-order valence-electron chi connectivity index (χ0n) is 6.87. The van der Waals surface area contributed by atoms with Gasteiger partial charge in [-0.15, -0.1) is 0 Å². The molecule has 9 heteroatoms. The molecule has 0 amide bonds. The molecule has 1 heterocycles. The molecule has 0 aliphatic heterocycles. The Kier molecular flexibility index (Phi) is 3.00. The molecule has 0 saturated heterocycles. The van der Waals surface area contributed by atoms with Gasteiger partial charge in [0.15, 0.2) is 5.75 Å². The lowest BCUT2D eigenvalue weighted by molar-refractivity contribution is 0.142.